The largest absolute Gasteiger partial charge is 0.504 e. The molecule has 0 unspecified atom stereocenters. The molecular formula is C52H60F6N20O6S2. The van der Waals surface area contributed by atoms with Gasteiger partial charge in [-0.1, -0.05) is 24.3 Å². The quantitative estimate of drug-likeness (QED) is 0.0521. The molecule has 26 nitrogen and oxygen atoms in total. The van der Waals surface area contributed by atoms with Crippen LogP contribution in [0.25, 0.3) is 34.7 Å². The van der Waals surface area contributed by atoms with E-state index in [0.717, 1.165) is 69.2 Å². The topological polar surface area (TPSA) is 407 Å². The number of aromatic nitrogens is 14. The number of phenolic OH excluding ortho intramolecular Hbond substituents is 2. The van der Waals surface area contributed by atoms with E-state index in [1.165, 1.54) is 55.0 Å². The molecule has 0 spiro atoms. The zero-order chi connectivity index (χ0) is 64.1. The highest BCUT2D eigenvalue weighted by atomic mass is 32.1. The van der Waals surface area contributed by atoms with Crippen LogP contribution in [0.1, 0.15) is 66.6 Å². The highest BCUT2D eigenvalue weighted by Gasteiger charge is 2.39. The fourth-order valence-electron chi connectivity index (χ4n) is 6.09. The standard InChI is InChI=1S/C10H14N4.C10H12N2O2.C8H7F3N4.C8H7F3N2O2S.C6H8N6.C6H6O2.C4H6N2S/c1-5-6(2)12-9(11-5)10-13-7(3)8(4)14-10;1-7(13)11-9-5-3-4-6-10(9)12-8(2)14;1-4-2-5(13-12-4)6-3-7(15-14-6)8(9,10)11;1-4(14)12-5-2-16-3-6(5)13-7(15)8(9,10)11;1-3-7-5(11-9-3)6-8-4(2)10-12-6;7-5-3-1-2-4-6(5)8;5-3-1-7-2-4(3)6/h1-4H3,(H,11,12)(H,13,14);3-6H,1-2H3,(H,11,13)(H,12,14);2-3H,1H3,(H,12,13)(H,14,15);2-3H,1H3,(H,12,14)(H,13,15);1-2H3,(H,7,9,11)(H,8,10,12);1-4,7-8H;1-2H,5-6H2. The van der Waals surface area contributed by atoms with Gasteiger partial charge in [0, 0.05) is 59.4 Å². The SMILES string of the molecule is CC(=O)Nc1ccccc1NC(C)=O.CC(=O)Nc1cscc1NC(=O)C(F)(F)F.Cc1cc(-c2cc(C(F)(F)F)[nH]n2)n[nH]1.Cc1nc(-c2n[nH]c(C)n2)n[nH]1.Cc1nc(-c2nc(C)c(C)[nH]2)[nH]c1C.Nc1cscc1N.Oc1ccccc1O. The molecule has 0 saturated heterocycles. The highest BCUT2D eigenvalue weighted by Crippen LogP contribution is 2.31. The molecule has 0 atom stereocenters. The number of aromatic hydroxyl groups is 2. The first kappa shape index (κ1) is 68.1. The van der Waals surface area contributed by atoms with E-state index in [1.54, 1.807) is 54.7 Å². The number of carbonyl (C=O) groups excluding carboxylic acids is 4. The molecule has 0 radical (unpaired) electrons. The molecule has 0 aliphatic rings. The third kappa shape index (κ3) is 22.4. The second kappa shape index (κ2) is 31.3. The number of nitrogens with one attached hydrogen (secondary N) is 10. The first-order valence-electron chi connectivity index (χ1n) is 24.7. The van der Waals surface area contributed by atoms with Crippen molar-refractivity contribution in [2.24, 2.45) is 0 Å². The maximum atomic E-state index is 12.2. The van der Waals surface area contributed by atoms with Gasteiger partial charge in [0.2, 0.25) is 29.4 Å². The average molecular weight is 1240 g/mol. The van der Waals surface area contributed by atoms with Crippen LogP contribution in [-0.4, -0.2) is 111 Å². The summed E-state index contributed by atoms with van der Waals surface area (Å²) in [6.07, 6.45) is -9.36. The van der Waals surface area contributed by atoms with E-state index in [0.29, 0.717) is 40.1 Å². The van der Waals surface area contributed by atoms with Crippen molar-refractivity contribution in [1.82, 2.24) is 70.7 Å². The van der Waals surface area contributed by atoms with E-state index in [4.69, 9.17) is 21.7 Å². The summed E-state index contributed by atoms with van der Waals surface area (Å²) in [5.41, 5.74) is 18.0. The molecule has 0 aliphatic carbocycles. The predicted molar refractivity (Wildman–Crippen MR) is 314 cm³/mol. The van der Waals surface area contributed by atoms with Gasteiger partial charge in [0.15, 0.2) is 23.1 Å². The predicted octanol–water partition coefficient (Wildman–Crippen LogP) is 10.2. The van der Waals surface area contributed by atoms with Gasteiger partial charge >= 0.3 is 18.3 Å². The van der Waals surface area contributed by atoms with Gasteiger partial charge in [0.05, 0.1) is 45.5 Å². The number of nitrogens with two attached hydrogens (primary N) is 2. The highest BCUT2D eigenvalue weighted by molar-refractivity contribution is 7.09. The third-order valence-electron chi connectivity index (χ3n) is 10.4. The van der Waals surface area contributed by atoms with Crippen molar-refractivity contribution in [2.75, 3.05) is 32.7 Å². The first-order chi connectivity index (χ1) is 40.3. The number of para-hydroxylation sites is 4. The molecule has 86 heavy (non-hydrogen) atoms. The Labute approximate surface area is 493 Å². The van der Waals surface area contributed by atoms with Gasteiger partial charge < -0.3 is 52.9 Å². The summed E-state index contributed by atoms with van der Waals surface area (Å²) < 4.78 is 72.5. The first-order valence-corrected chi connectivity index (χ1v) is 26.6. The molecule has 0 saturated carbocycles. The summed E-state index contributed by atoms with van der Waals surface area (Å²) in [6.45, 7) is 17.5. The molecular weight excluding hydrogens is 1180 g/mol. The Morgan fingerprint density at radius 2 is 0.907 bits per heavy atom. The Bertz CT molecular complexity index is 3600. The second-order valence-electron chi connectivity index (χ2n) is 17.7. The Kier molecular flexibility index (Phi) is 24.8. The Morgan fingerprint density at radius 1 is 0.512 bits per heavy atom. The van der Waals surface area contributed by atoms with Crippen LogP contribution in [0, 0.1) is 48.5 Å². The van der Waals surface area contributed by atoms with Crippen molar-refractivity contribution in [3.63, 3.8) is 0 Å². The van der Waals surface area contributed by atoms with Gasteiger partial charge in [-0.3, -0.25) is 39.6 Å². The summed E-state index contributed by atoms with van der Waals surface area (Å²) in [7, 11) is 0. The van der Waals surface area contributed by atoms with Crippen molar-refractivity contribution in [3.8, 4) is 46.2 Å². The number of nitrogen functional groups attached to an aromatic ring is 2. The van der Waals surface area contributed by atoms with E-state index >= 15 is 0 Å². The van der Waals surface area contributed by atoms with Crippen molar-refractivity contribution < 1.29 is 55.7 Å². The minimum absolute atomic E-state index is 0.0671. The lowest BCUT2D eigenvalue weighted by molar-refractivity contribution is -0.167. The normalized spacial score (nSPS) is 10.5. The number of H-pyrrole nitrogens is 6. The maximum absolute atomic E-state index is 12.2. The minimum Gasteiger partial charge on any atom is -0.504 e. The number of anilines is 6. The number of nitrogens with zero attached hydrogens (tertiary/aromatic N) is 8. The van der Waals surface area contributed by atoms with Gasteiger partial charge in [-0.25, -0.2) is 19.9 Å². The lowest BCUT2D eigenvalue weighted by Crippen LogP contribution is -2.30. The van der Waals surface area contributed by atoms with Gasteiger partial charge in [-0.2, -0.15) is 36.5 Å². The van der Waals surface area contributed by atoms with Crippen LogP contribution in [-0.2, 0) is 25.4 Å². The fourth-order valence-corrected chi connectivity index (χ4v) is 7.43. The monoisotopic (exact) mass is 1240 g/mol. The van der Waals surface area contributed by atoms with Gasteiger partial charge in [-0.15, -0.1) is 32.9 Å². The van der Waals surface area contributed by atoms with E-state index in [9.17, 15) is 45.5 Å². The lowest BCUT2D eigenvalue weighted by atomic mass is 10.2. The van der Waals surface area contributed by atoms with Crippen LogP contribution in [0.5, 0.6) is 11.5 Å². The summed E-state index contributed by atoms with van der Waals surface area (Å²) in [5.74, 6) is 1.21. The number of hydrogen-bond acceptors (Lipinski definition) is 18. The number of amides is 4. The number of aryl methyl sites for hydroxylation is 7. The van der Waals surface area contributed by atoms with E-state index in [1.807, 2.05) is 57.4 Å². The Morgan fingerprint density at radius 3 is 1.22 bits per heavy atom. The van der Waals surface area contributed by atoms with E-state index < -0.39 is 29.9 Å². The molecule has 0 bridgehead atoms. The molecule has 16 N–H and O–H groups in total. The number of rotatable bonds is 7. The fraction of sp³-hybridized carbons (Fsp3) is 0.231. The summed E-state index contributed by atoms with van der Waals surface area (Å²) >= 11 is 2.58. The Balaban J connectivity index is 0.000000218. The number of halogens is 6. The molecule has 458 valence electrons. The van der Waals surface area contributed by atoms with Crippen LogP contribution in [0.3, 0.4) is 0 Å². The van der Waals surface area contributed by atoms with Crippen molar-refractivity contribution in [2.45, 2.75) is 81.6 Å². The number of aromatic amines is 6. The second-order valence-corrected chi connectivity index (χ2v) is 19.2. The number of benzene rings is 2. The van der Waals surface area contributed by atoms with Crippen molar-refractivity contribution >= 4 is 80.4 Å². The van der Waals surface area contributed by atoms with Gasteiger partial charge in [0.1, 0.15) is 28.7 Å². The maximum Gasteiger partial charge on any atom is 0.471 e. The van der Waals surface area contributed by atoms with Crippen LogP contribution in [0.2, 0.25) is 0 Å². The van der Waals surface area contributed by atoms with Crippen molar-refractivity contribution in [1.29, 1.82) is 0 Å². The van der Waals surface area contributed by atoms with E-state index in [2.05, 4.69) is 81.5 Å². The molecule has 34 heteroatoms. The van der Waals surface area contributed by atoms with Crippen molar-refractivity contribution in [3.05, 3.63) is 128 Å². The zero-order valence-corrected chi connectivity index (χ0v) is 49.1. The van der Waals surface area contributed by atoms with Crippen LogP contribution in [0.4, 0.5) is 60.5 Å². The third-order valence-corrected chi connectivity index (χ3v) is 11.9. The van der Waals surface area contributed by atoms with Crippen LogP contribution < -0.4 is 32.7 Å². The van der Waals surface area contributed by atoms with E-state index in [-0.39, 0.29) is 40.4 Å². The lowest BCUT2D eigenvalue weighted by Gasteiger charge is -2.09. The molecule has 4 amide bonds. The number of carbonyl (C=O) groups is 4. The number of imidazole rings is 2. The smallest absolute Gasteiger partial charge is 0.471 e. The average Bonchev–Trinajstić information content (AvgIpc) is 3.29. The minimum atomic E-state index is -4.95. The molecule has 8 heterocycles. The molecule has 10 rings (SSSR count). The van der Waals surface area contributed by atoms with Gasteiger partial charge in [-0.05, 0) is 84.9 Å². The van der Waals surface area contributed by atoms with Gasteiger partial charge in [0.25, 0.3) is 0 Å². The number of phenols is 2. The van der Waals surface area contributed by atoms with Crippen LogP contribution in [0.15, 0.2) is 82.2 Å². The number of thiophene rings is 2. The Hall–Kier alpha value is -10.4. The molecule has 0 fully saturated rings. The summed E-state index contributed by atoms with van der Waals surface area (Å²) in [5, 5.41) is 58.1. The number of hydrogen-bond donors (Lipinski definition) is 14. The zero-order valence-electron chi connectivity index (χ0n) is 47.4. The number of alkyl halides is 6. The van der Waals surface area contributed by atoms with Crippen LogP contribution >= 0.6 is 22.7 Å². The molecule has 2 aromatic carbocycles. The summed E-state index contributed by atoms with van der Waals surface area (Å²) in [6, 6.07) is 15.7. The molecule has 10 aromatic rings. The molecule has 8 aromatic heterocycles. The molecule has 0 aliphatic heterocycles. The summed E-state index contributed by atoms with van der Waals surface area (Å²) in [4.78, 5) is 66.3.